The molecule has 1 saturated carbocycles. The molecule has 2 unspecified atom stereocenters. The second kappa shape index (κ2) is 7.77. The first-order chi connectivity index (χ1) is 12.0. The summed E-state index contributed by atoms with van der Waals surface area (Å²) in [6.45, 7) is 5.55. The van der Waals surface area contributed by atoms with Gasteiger partial charge in [0.15, 0.2) is 0 Å². The summed E-state index contributed by atoms with van der Waals surface area (Å²) < 4.78 is 13.6. The minimum absolute atomic E-state index is 0.0615. The van der Waals surface area contributed by atoms with E-state index in [0.717, 1.165) is 24.8 Å². The largest absolute Gasteiger partial charge is 0.341 e. The number of hydrogen-bond acceptors (Lipinski definition) is 3. The van der Waals surface area contributed by atoms with E-state index in [4.69, 9.17) is 0 Å². The molecule has 0 bridgehead atoms. The first-order valence-electron chi connectivity index (χ1n) is 9.01. The van der Waals surface area contributed by atoms with Crippen molar-refractivity contribution in [1.82, 2.24) is 9.80 Å². The van der Waals surface area contributed by atoms with Gasteiger partial charge in [0.05, 0.1) is 5.25 Å². The van der Waals surface area contributed by atoms with Crippen LogP contribution in [0.15, 0.2) is 24.3 Å². The normalized spacial score (nSPS) is 23.6. The Kier molecular flexibility index (Phi) is 5.67. The van der Waals surface area contributed by atoms with Gasteiger partial charge in [0, 0.05) is 25.6 Å². The summed E-state index contributed by atoms with van der Waals surface area (Å²) in [6, 6.07) is 6.44. The number of hydrogen-bond donors (Lipinski definition) is 0. The Morgan fingerprint density at radius 2 is 2.16 bits per heavy atom. The van der Waals surface area contributed by atoms with Crippen LogP contribution in [-0.2, 0) is 9.59 Å². The molecule has 1 saturated heterocycles. The number of likely N-dealkylation sites (N-methyl/N-ethyl adjacent to an activating group) is 1. The molecule has 0 aromatic heterocycles. The van der Waals surface area contributed by atoms with Gasteiger partial charge < -0.3 is 9.80 Å². The van der Waals surface area contributed by atoms with Crippen molar-refractivity contribution in [2.24, 2.45) is 5.92 Å². The van der Waals surface area contributed by atoms with Crippen molar-refractivity contribution in [1.29, 1.82) is 0 Å². The van der Waals surface area contributed by atoms with E-state index < -0.39 is 0 Å². The minimum Gasteiger partial charge on any atom is -0.341 e. The highest BCUT2D eigenvalue weighted by atomic mass is 32.2. The minimum atomic E-state index is -0.291. The Morgan fingerprint density at radius 1 is 1.40 bits per heavy atom. The molecule has 25 heavy (non-hydrogen) atoms. The van der Waals surface area contributed by atoms with Gasteiger partial charge in [-0.25, -0.2) is 4.39 Å². The van der Waals surface area contributed by atoms with Crippen LogP contribution in [0.1, 0.15) is 44.0 Å². The predicted octanol–water partition coefficient (Wildman–Crippen LogP) is 3.44. The topological polar surface area (TPSA) is 40.6 Å². The van der Waals surface area contributed by atoms with Crippen LogP contribution >= 0.6 is 11.8 Å². The van der Waals surface area contributed by atoms with Gasteiger partial charge >= 0.3 is 0 Å². The summed E-state index contributed by atoms with van der Waals surface area (Å²) in [5, 5.41) is -0.332. The van der Waals surface area contributed by atoms with E-state index in [-0.39, 0.29) is 34.2 Å². The van der Waals surface area contributed by atoms with Gasteiger partial charge in [0.2, 0.25) is 11.8 Å². The van der Waals surface area contributed by atoms with Gasteiger partial charge in [-0.3, -0.25) is 9.59 Å². The molecule has 1 aromatic rings. The molecular weight excluding hydrogens is 339 g/mol. The molecule has 0 N–H and O–H groups in total. The lowest BCUT2D eigenvalue weighted by atomic mass is 9.84. The molecule has 2 atom stereocenters. The lowest BCUT2D eigenvalue weighted by molar-refractivity contribution is -0.139. The third-order valence-electron chi connectivity index (χ3n) is 5.14. The molecule has 2 aliphatic rings. The molecule has 2 fully saturated rings. The van der Waals surface area contributed by atoms with E-state index in [0.29, 0.717) is 19.6 Å². The van der Waals surface area contributed by atoms with E-state index in [1.54, 1.807) is 11.0 Å². The van der Waals surface area contributed by atoms with Crippen LogP contribution in [-0.4, -0.2) is 46.5 Å². The Balaban J connectivity index is 1.69. The summed E-state index contributed by atoms with van der Waals surface area (Å²) in [6.07, 6.45) is 3.10. The van der Waals surface area contributed by atoms with Crippen molar-refractivity contribution in [3.63, 3.8) is 0 Å². The zero-order valence-corrected chi connectivity index (χ0v) is 15.6. The molecule has 136 valence electrons. The molecular formula is C19H25FN2O2S. The highest BCUT2D eigenvalue weighted by Gasteiger charge is 2.39. The maximum Gasteiger partial charge on any atom is 0.236 e. The van der Waals surface area contributed by atoms with E-state index in [2.05, 4.69) is 0 Å². The van der Waals surface area contributed by atoms with Crippen LogP contribution < -0.4 is 0 Å². The number of rotatable bonds is 6. The average Bonchev–Trinajstić information content (AvgIpc) is 2.82. The molecule has 2 amide bonds. The first kappa shape index (κ1) is 18.2. The van der Waals surface area contributed by atoms with Gasteiger partial charge in [-0.05, 0) is 44.4 Å². The smallest absolute Gasteiger partial charge is 0.236 e. The maximum atomic E-state index is 13.6. The number of amides is 2. The summed E-state index contributed by atoms with van der Waals surface area (Å²) >= 11 is 1.54. The third kappa shape index (κ3) is 3.84. The van der Waals surface area contributed by atoms with Crippen molar-refractivity contribution in [2.45, 2.75) is 43.7 Å². The number of thioether (sulfide) groups is 1. The van der Waals surface area contributed by atoms with Gasteiger partial charge in [-0.1, -0.05) is 18.6 Å². The molecule has 4 nitrogen and oxygen atoms in total. The fraction of sp³-hybridized carbons (Fsp3) is 0.579. The number of carbonyl (C=O) groups is 2. The molecule has 0 radical (unpaired) electrons. The SMILES string of the molecule is CCN(CCN1C(=O)C(C)SC1c1cccc(F)c1)C(=O)C1CCC1. The van der Waals surface area contributed by atoms with E-state index >= 15 is 0 Å². The third-order valence-corrected chi connectivity index (χ3v) is 6.53. The Hall–Kier alpha value is -1.56. The molecule has 0 spiro atoms. The first-order valence-corrected chi connectivity index (χ1v) is 9.95. The Labute approximate surface area is 152 Å². The molecule has 1 aromatic carbocycles. The van der Waals surface area contributed by atoms with Gasteiger partial charge in [0.1, 0.15) is 11.2 Å². The van der Waals surface area contributed by atoms with E-state index in [1.807, 2.05) is 24.8 Å². The monoisotopic (exact) mass is 364 g/mol. The van der Waals surface area contributed by atoms with Crippen LogP contribution in [0.25, 0.3) is 0 Å². The quantitative estimate of drug-likeness (QED) is 0.776. The van der Waals surface area contributed by atoms with Crippen molar-refractivity contribution in [3.8, 4) is 0 Å². The summed E-state index contributed by atoms with van der Waals surface area (Å²) in [5.41, 5.74) is 0.802. The number of carbonyl (C=O) groups excluding carboxylic acids is 2. The van der Waals surface area contributed by atoms with Crippen molar-refractivity contribution >= 4 is 23.6 Å². The Bertz CT molecular complexity index is 650. The predicted molar refractivity (Wildman–Crippen MR) is 97.5 cm³/mol. The average molecular weight is 364 g/mol. The van der Waals surface area contributed by atoms with Gasteiger partial charge in [0.25, 0.3) is 0 Å². The molecule has 1 aliphatic carbocycles. The van der Waals surface area contributed by atoms with E-state index in [9.17, 15) is 14.0 Å². The summed E-state index contributed by atoms with van der Waals surface area (Å²) in [4.78, 5) is 28.7. The summed E-state index contributed by atoms with van der Waals surface area (Å²) in [7, 11) is 0. The molecule has 1 aliphatic heterocycles. The van der Waals surface area contributed by atoms with Crippen LogP contribution in [0.2, 0.25) is 0 Å². The zero-order chi connectivity index (χ0) is 18.0. The highest BCUT2D eigenvalue weighted by molar-refractivity contribution is 8.01. The van der Waals surface area contributed by atoms with Crippen molar-refractivity contribution in [3.05, 3.63) is 35.6 Å². The fourth-order valence-corrected chi connectivity index (χ4v) is 4.68. The van der Waals surface area contributed by atoms with Gasteiger partial charge in [-0.15, -0.1) is 11.8 Å². The number of nitrogens with zero attached hydrogens (tertiary/aromatic N) is 2. The second-order valence-electron chi connectivity index (χ2n) is 6.76. The zero-order valence-electron chi connectivity index (χ0n) is 14.8. The van der Waals surface area contributed by atoms with Crippen molar-refractivity contribution in [2.75, 3.05) is 19.6 Å². The van der Waals surface area contributed by atoms with Crippen LogP contribution in [0.3, 0.4) is 0 Å². The number of benzene rings is 1. The highest BCUT2D eigenvalue weighted by Crippen LogP contribution is 2.42. The standard InChI is InChI=1S/C19H25FN2O2S/c1-3-21(18(24)14-6-4-7-14)10-11-22-17(23)13(2)25-19(22)15-8-5-9-16(20)12-15/h5,8-9,12-14,19H,3-4,6-7,10-11H2,1-2H3. The van der Waals surface area contributed by atoms with Crippen molar-refractivity contribution < 1.29 is 14.0 Å². The number of halogens is 1. The van der Waals surface area contributed by atoms with Crippen LogP contribution in [0.5, 0.6) is 0 Å². The molecule has 6 heteroatoms. The summed E-state index contributed by atoms with van der Waals surface area (Å²) in [5.74, 6) is 0.150. The lowest BCUT2D eigenvalue weighted by Gasteiger charge is -2.33. The molecule has 1 heterocycles. The fourth-order valence-electron chi connectivity index (χ4n) is 3.39. The van der Waals surface area contributed by atoms with Crippen LogP contribution in [0, 0.1) is 11.7 Å². The second-order valence-corrected chi connectivity index (χ2v) is 8.19. The maximum absolute atomic E-state index is 13.6. The lowest BCUT2D eigenvalue weighted by Crippen LogP contribution is -2.44. The van der Waals surface area contributed by atoms with E-state index in [1.165, 1.54) is 23.9 Å². The van der Waals surface area contributed by atoms with Crippen LogP contribution in [0.4, 0.5) is 4.39 Å². The van der Waals surface area contributed by atoms with Gasteiger partial charge in [-0.2, -0.15) is 0 Å². The Morgan fingerprint density at radius 3 is 2.76 bits per heavy atom. The molecule has 3 rings (SSSR count).